The molecule has 0 N–H and O–H groups in total. The molecular formula is C30H37N3O4. The lowest BCUT2D eigenvalue weighted by Crippen LogP contribution is -2.45. The molecule has 0 radical (unpaired) electrons. The number of hydrogen-bond donors (Lipinski definition) is 0. The van der Waals surface area contributed by atoms with Gasteiger partial charge in [0.2, 0.25) is 5.91 Å². The summed E-state index contributed by atoms with van der Waals surface area (Å²) in [6.45, 7) is 7.62. The summed E-state index contributed by atoms with van der Waals surface area (Å²) in [6.07, 6.45) is 6.77. The molecule has 0 spiro atoms. The Kier molecular flexibility index (Phi) is 8.21. The van der Waals surface area contributed by atoms with Gasteiger partial charge in [0.25, 0.3) is 0 Å². The van der Waals surface area contributed by atoms with Crippen molar-refractivity contribution in [2.75, 3.05) is 40.0 Å². The van der Waals surface area contributed by atoms with Gasteiger partial charge in [0.05, 0.1) is 45.1 Å². The first-order valence-corrected chi connectivity index (χ1v) is 13.4. The molecule has 1 aliphatic carbocycles. The summed E-state index contributed by atoms with van der Waals surface area (Å²) in [5.41, 5.74) is 4.28. The molecule has 2 heterocycles. The number of ether oxygens (including phenoxy) is 3. The van der Waals surface area contributed by atoms with Gasteiger partial charge in [-0.3, -0.25) is 9.69 Å². The van der Waals surface area contributed by atoms with Crippen LogP contribution in [0.1, 0.15) is 42.9 Å². The highest BCUT2D eigenvalue weighted by atomic mass is 16.5. The second kappa shape index (κ2) is 11.9. The number of fused-ring (bicyclic) bond motifs is 1. The highest BCUT2D eigenvalue weighted by molar-refractivity contribution is 6.07. The second-order valence-corrected chi connectivity index (χ2v) is 9.96. The van der Waals surface area contributed by atoms with Gasteiger partial charge in [-0.2, -0.15) is 5.10 Å². The van der Waals surface area contributed by atoms with Crippen molar-refractivity contribution in [1.82, 2.24) is 9.91 Å². The Morgan fingerprint density at radius 2 is 1.65 bits per heavy atom. The van der Waals surface area contributed by atoms with Crippen LogP contribution in [0.25, 0.3) is 0 Å². The van der Waals surface area contributed by atoms with Crippen molar-refractivity contribution in [3.63, 3.8) is 0 Å². The van der Waals surface area contributed by atoms with Crippen LogP contribution < -0.4 is 9.47 Å². The highest BCUT2D eigenvalue weighted by Crippen LogP contribution is 2.37. The number of benzene rings is 2. The Morgan fingerprint density at radius 3 is 2.35 bits per heavy atom. The monoisotopic (exact) mass is 503 g/mol. The molecule has 0 bridgehead atoms. The molecular weight excluding hydrogens is 466 g/mol. The Labute approximate surface area is 219 Å². The maximum absolute atomic E-state index is 13.5. The second-order valence-electron chi connectivity index (χ2n) is 9.96. The van der Waals surface area contributed by atoms with Gasteiger partial charge in [0.15, 0.2) is 11.5 Å². The molecule has 7 nitrogen and oxygen atoms in total. The summed E-state index contributed by atoms with van der Waals surface area (Å²) in [5.74, 6) is 1.49. The maximum Gasteiger partial charge on any atom is 0.247 e. The minimum absolute atomic E-state index is 0.0667. The van der Waals surface area contributed by atoms with Crippen LogP contribution in [0.2, 0.25) is 0 Å². The standard InChI is InChI=1S/C30H37N3O4/c1-3-16-37-28-19-24(12-13-27(28)35-2)29-25-6-4-5-7-26(25)30(34)33(31-29)21-23-10-8-22(9-11-23)20-32-14-17-36-18-15-32/h4-5,8-13,19,25-26H,3,6-7,14-18,20-21H2,1-2H3. The van der Waals surface area contributed by atoms with E-state index in [9.17, 15) is 4.79 Å². The summed E-state index contributed by atoms with van der Waals surface area (Å²) in [6, 6.07) is 14.5. The van der Waals surface area contributed by atoms with Gasteiger partial charge in [-0.1, -0.05) is 43.3 Å². The summed E-state index contributed by atoms with van der Waals surface area (Å²) in [7, 11) is 1.65. The number of carbonyl (C=O) groups excluding carboxylic acids is 1. The average Bonchev–Trinajstić information content (AvgIpc) is 2.95. The molecule has 1 fully saturated rings. The van der Waals surface area contributed by atoms with Crippen LogP contribution in [-0.4, -0.2) is 61.5 Å². The summed E-state index contributed by atoms with van der Waals surface area (Å²) in [5, 5.41) is 6.62. The first-order chi connectivity index (χ1) is 18.2. The number of nitrogens with zero attached hydrogens (tertiary/aromatic N) is 3. The zero-order valence-corrected chi connectivity index (χ0v) is 21.9. The third-order valence-electron chi connectivity index (χ3n) is 7.37. The van der Waals surface area contributed by atoms with Crippen LogP contribution in [0.5, 0.6) is 11.5 Å². The average molecular weight is 504 g/mol. The van der Waals surface area contributed by atoms with E-state index in [1.54, 1.807) is 12.1 Å². The third kappa shape index (κ3) is 5.89. The zero-order valence-electron chi connectivity index (χ0n) is 21.9. The largest absolute Gasteiger partial charge is 0.493 e. The van der Waals surface area contributed by atoms with Crippen molar-refractivity contribution in [2.45, 2.75) is 39.3 Å². The molecule has 7 heteroatoms. The Hall–Kier alpha value is -3.16. The van der Waals surface area contributed by atoms with E-state index < -0.39 is 0 Å². The Morgan fingerprint density at radius 1 is 0.946 bits per heavy atom. The topological polar surface area (TPSA) is 63.6 Å². The van der Waals surface area contributed by atoms with Gasteiger partial charge in [-0.15, -0.1) is 0 Å². The van der Waals surface area contributed by atoms with E-state index in [0.29, 0.717) is 24.7 Å². The molecule has 1 saturated heterocycles. The minimum atomic E-state index is -0.0970. The van der Waals surface area contributed by atoms with Crippen LogP contribution in [0, 0.1) is 11.8 Å². The van der Waals surface area contributed by atoms with E-state index in [1.807, 2.05) is 18.2 Å². The van der Waals surface area contributed by atoms with E-state index in [2.05, 4.69) is 48.2 Å². The molecule has 5 rings (SSSR count). The van der Waals surface area contributed by atoms with Crippen molar-refractivity contribution < 1.29 is 19.0 Å². The molecule has 2 unspecified atom stereocenters. The smallest absolute Gasteiger partial charge is 0.247 e. The summed E-state index contributed by atoms with van der Waals surface area (Å²) < 4.78 is 16.9. The van der Waals surface area contributed by atoms with Crippen molar-refractivity contribution >= 4 is 11.6 Å². The SMILES string of the molecule is CCCOc1cc(C2=NN(Cc3ccc(CN4CCOCC4)cc3)C(=O)C3CC=CCC23)ccc1OC. The number of amides is 1. The van der Waals surface area contributed by atoms with Crippen molar-refractivity contribution in [1.29, 1.82) is 0 Å². The molecule has 0 saturated carbocycles. The van der Waals surface area contributed by atoms with Crippen molar-refractivity contribution in [3.8, 4) is 11.5 Å². The van der Waals surface area contributed by atoms with Crippen LogP contribution in [-0.2, 0) is 22.6 Å². The lowest BCUT2D eigenvalue weighted by Gasteiger charge is -2.37. The third-order valence-corrected chi connectivity index (χ3v) is 7.37. The fourth-order valence-electron chi connectivity index (χ4n) is 5.32. The number of rotatable bonds is 9. The first-order valence-electron chi connectivity index (χ1n) is 13.4. The Bertz CT molecular complexity index is 1140. The number of allylic oxidation sites excluding steroid dienone is 2. The zero-order chi connectivity index (χ0) is 25.6. The molecule has 2 aromatic carbocycles. The van der Waals surface area contributed by atoms with Gasteiger partial charge in [0, 0.05) is 31.1 Å². The van der Waals surface area contributed by atoms with Crippen molar-refractivity contribution in [2.24, 2.45) is 16.9 Å². The van der Waals surface area contributed by atoms with E-state index in [1.165, 1.54) is 5.56 Å². The quantitative estimate of drug-likeness (QED) is 0.467. The maximum atomic E-state index is 13.5. The van der Waals surface area contributed by atoms with Crippen LogP contribution >= 0.6 is 0 Å². The molecule has 3 aliphatic rings. The fourth-order valence-corrected chi connectivity index (χ4v) is 5.32. The number of carbonyl (C=O) groups is 1. The molecule has 0 aromatic heterocycles. The number of methoxy groups -OCH3 is 1. The van der Waals surface area contributed by atoms with Crippen molar-refractivity contribution in [3.05, 3.63) is 71.3 Å². The van der Waals surface area contributed by atoms with Gasteiger partial charge < -0.3 is 14.2 Å². The Balaban J connectivity index is 1.38. The van der Waals surface area contributed by atoms with Crippen LogP contribution in [0.4, 0.5) is 0 Å². The normalized spacial score (nSPS) is 21.9. The molecule has 1 amide bonds. The molecule has 2 atom stereocenters. The number of morpholine rings is 1. The lowest BCUT2D eigenvalue weighted by molar-refractivity contribution is -0.138. The minimum Gasteiger partial charge on any atom is -0.493 e. The van der Waals surface area contributed by atoms with Gasteiger partial charge in [0.1, 0.15) is 0 Å². The fraction of sp³-hybridized carbons (Fsp3) is 0.467. The molecule has 2 aliphatic heterocycles. The van der Waals surface area contributed by atoms with E-state index in [0.717, 1.165) is 68.9 Å². The first kappa shape index (κ1) is 25.5. The van der Waals surface area contributed by atoms with E-state index in [-0.39, 0.29) is 17.7 Å². The van der Waals surface area contributed by atoms with Crippen LogP contribution in [0.3, 0.4) is 0 Å². The predicted octanol–water partition coefficient (Wildman–Crippen LogP) is 4.65. The molecule has 37 heavy (non-hydrogen) atoms. The van der Waals surface area contributed by atoms with E-state index in [4.69, 9.17) is 19.3 Å². The number of hydrazone groups is 1. The van der Waals surface area contributed by atoms with Gasteiger partial charge in [-0.05, 0) is 48.6 Å². The summed E-state index contributed by atoms with van der Waals surface area (Å²) >= 11 is 0. The van der Waals surface area contributed by atoms with Crippen LogP contribution in [0.15, 0.2) is 59.7 Å². The summed E-state index contributed by atoms with van der Waals surface area (Å²) in [4.78, 5) is 15.9. The van der Waals surface area contributed by atoms with Gasteiger partial charge >= 0.3 is 0 Å². The highest BCUT2D eigenvalue weighted by Gasteiger charge is 2.40. The van der Waals surface area contributed by atoms with Gasteiger partial charge in [-0.25, -0.2) is 5.01 Å². The predicted molar refractivity (Wildman–Crippen MR) is 144 cm³/mol. The molecule has 196 valence electrons. The number of hydrogen-bond acceptors (Lipinski definition) is 6. The molecule has 2 aromatic rings. The van der Waals surface area contributed by atoms with E-state index >= 15 is 0 Å². The lowest BCUT2D eigenvalue weighted by atomic mass is 9.76.